The summed E-state index contributed by atoms with van der Waals surface area (Å²) >= 11 is 9.05. The van der Waals surface area contributed by atoms with Gasteiger partial charge in [0.25, 0.3) is 0 Å². The zero-order valence-corrected chi connectivity index (χ0v) is 8.48. The molecule has 1 aromatic carbocycles. The van der Waals surface area contributed by atoms with Crippen LogP contribution < -0.4 is 10.5 Å². The number of benzene rings is 1. The molecule has 0 saturated carbocycles. The highest BCUT2D eigenvalue weighted by molar-refractivity contribution is 7.93. The van der Waals surface area contributed by atoms with Crippen molar-refractivity contribution in [3.05, 3.63) is 30.3 Å². The zero-order chi connectivity index (χ0) is 9.82. The molecule has 0 heterocycles. The van der Waals surface area contributed by atoms with E-state index in [2.05, 4.69) is 34.1 Å². The fraction of sp³-hybridized carbons (Fsp3) is 0. The van der Waals surface area contributed by atoms with Gasteiger partial charge < -0.3 is 4.55 Å². The van der Waals surface area contributed by atoms with Crippen LogP contribution in [0.5, 0.6) is 0 Å². The Morgan fingerprint density at radius 3 is 1.67 bits per heavy atom. The zero-order valence-electron chi connectivity index (χ0n) is 6.15. The molecule has 6 heteroatoms. The van der Waals surface area contributed by atoms with Crippen molar-refractivity contribution in [2.24, 2.45) is 10.5 Å². The van der Waals surface area contributed by atoms with Gasteiger partial charge in [0, 0.05) is 16.9 Å². The van der Waals surface area contributed by atoms with Crippen LogP contribution in [0.4, 0.5) is 0 Å². The van der Waals surface area contributed by atoms with Gasteiger partial charge in [-0.3, -0.25) is 0 Å². The van der Waals surface area contributed by atoms with Gasteiger partial charge in [0.1, 0.15) is 0 Å². The summed E-state index contributed by atoms with van der Waals surface area (Å²) in [7, 11) is 0. The topological polar surface area (TPSA) is 72.3 Å². The average Bonchev–Trinajstić information content (AvgIpc) is 2.25. The maximum atomic E-state index is 8.45. The van der Waals surface area contributed by atoms with E-state index in [0.717, 1.165) is 16.9 Å². The van der Waals surface area contributed by atoms with E-state index < -0.39 is 0 Å². The van der Waals surface area contributed by atoms with Crippen LogP contribution in [0, 0.1) is 0 Å². The molecule has 0 bridgehead atoms. The molecule has 0 aliphatic rings. The maximum absolute atomic E-state index is 8.45. The molecule has 0 fully saturated rings. The third-order valence-electron chi connectivity index (χ3n) is 0.849. The highest BCUT2D eigenvalue weighted by Gasteiger charge is 1.82. The largest absolute Gasteiger partial charge is 0.325 e. The van der Waals surface area contributed by atoms with Gasteiger partial charge in [-0.1, -0.05) is 18.2 Å². The molecule has 0 saturated heterocycles. The van der Waals surface area contributed by atoms with Crippen LogP contribution in [0.2, 0.25) is 0 Å². The summed E-state index contributed by atoms with van der Waals surface area (Å²) in [4.78, 5) is 0.882. The van der Waals surface area contributed by atoms with Crippen LogP contribution in [-0.2, 0) is 0 Å². The predicted octanol–water partition coefficient (Wildman–Crippen LogP) is 2.45. The first-order valence-corrected chi connectivity index (χ1v) is 4.38. The van der Waals surface area contributed by atoms with E-state index in [1.165, 1.54) is 0 Å². The second kappa shape index (κ2) is 13.6. The number of halogens is 2. The maximum Gasteiger partial charge on any atom is 0.0350 e. The van der Waals surface area contributed by atoms with E-state index in [1.807, 2.05) is 30.3 Å². The molecule has 5 N–H and O–H groups in total. The van der Waals surface area contributed by atoms with Crippen molar-refractivity contribution >= 4 is 35.6 Å². The molecule has 0 aromatic heterocycles. The SMILES string of the molecule is NCl.NCl.OSc1ccccc1. The fourth-order valence-corrected chi connectivity index (χ4v) is 0.760. The minimum absolute atomic E-state index is 0.769. The molecular weight excluding hydrogens is 219 g/mol. The minimum Gasteiger partial charge on any atom is -0.325 e. The Balaban J connectivity index is 0. The summed E-state index contributed by atoms with van der Waals surface area (Å²) in [6.45, 7) is 0. The number of nitrogens with two attached hydrogens (primary N) is 2. The van der Waals surface area contributed by atoms with E-state index in [9.17, 15) is 0 Å². The first-order chi connectivity index (χ1) is 5.93. The monoisotopic (exact) mass is 228 g/mol. The third kappa shape index (κ3) is 8.13. The Morgan fingerprint density at radius 2 is 1.42 bits per heavy atom. The Morgan fingerprint density at radius 1 is 1.00 bits per heavy atom. The summed E-state index contributed by atoms with van der Waals surface area (Å²) in [5.74, 6) is 0. The molecule has 0 aliphatic heterocycles. The van der Waals surface area contributed by atoms with Gasteiger partial charge in [-0.25, -0.2) is 10.5 Å². The standard InChI is InChI=1S/C6H6OS.2ClH2N/c7-8-6-4-2-1-3-5-6;2*1-2/h1-5,7H;2*2H2. The van der Waals surface area contributed by atoms with Crippen LogP contribution in [0.1, 0.15) is 0 Å². The van der Waals surface area contributed by atoms with Crippen LogP contribution >= 0.6 is 35.6 Å². The number of hydrogen-bond acceptors (Lipinski definition) is 4. The average molecular weight is 229 g/mol. The molecule has 0 atom stereocenters. The van der Waals surface area contributed by atoms with E-state index in [0.29, 0.717) is 0 Å². The molecule has 1 rings (SSSR count). The molecular formula is C6H10Cl2N2OS. The second-order valence-corrected chi connectivity index (χ2v) is 2.06. The van der Waals surface area contributed by atoms with Crippen molar-refractivity contribution in [3.63, 3.8) is 0 Å². The second-order valence-electron chi connectivity index (χ2n) is 1.40. The lowest BCUT2D eigenvalue weighted by atomic mass is 10.4. The Bertz CT molecular complexity index is 165. The first kappa shape index (κ1) is 14.5. The molecule has 0 radical (unpaired) electrons. The molecule has 0 unspecified atom stereocenters. The highest BCUT2D eigenvalue weighted by atomic mass is 35.5. The molecule has 1 aromatic rings. The normalized spacial score (nSPS) is 7.08. The molecule has 0 spiro atoms. The van der Waals surface area contributed by atoms with E-state index in [1.54, 1.807) is 0 Å². The minimum atomic E-state index is 0.769. The lowest BCUT2D eigenvalue weighted by Crippen LogP contribution is -1.63. The summed E-state index contributed by atoms with van der Waals surface area (Å²) < 4.78 is 8.45. The summed E-state index contributed by atoms with van der Waals surface area (Å²) in [5, 5.41) is 7.94. The lowest BCUT2D eigenvalue weighted by molar-refractivity contribution is 0.664. The van der Waals surface area contributed by atoms with Crippen molar-refractivity contribution in [2.45, 2.75) is 4.90 Å². The van der Waals surface area contributed by atoms with Gasteiger partial charge >= 0.3 is 0 Å². The summed E-state index contributed by atoms with van der Waals surface area (Å²) in [6, 6.07) is 9.40. The Labute approximate surface area is 86.1 Å². The number of hydrogen-bond donors (Lipinski definition) is 3. The Hall–Kier alpha value is 0.0300. The van der Waals surface area contributed by atoms with Crippen molar-refractivity contribution < 1.29 is 4.55 Å². The molecule has 0 aliphatic carbocycles. The van der Waals surface area contributed by atoms with Gasteiger partial charge in [-0.15, -0.1) is 0 Å². The number of rotatable bonds is 1. The van der Waals surface area contributed by atoms with Gasteiger partial charge in [-0.2, -0.15) is 0 Å². The summed E-state index contributed by atoms with van der Waals surface area (Å²) in [5.41, 5.74) is 0. The molecule has 12 heavy (non-hydrogen) atoms. The van der Waals surface area contributed by atoms with Crippen LogP contribution in [-0.4, -0.2) is 4.55 Å². The van der Waals surface area contributed by atoms with E-state index >= 15 is 0 Å². The van der Waals surface area contributed by atoms with E-state index in [-0.39, 0.29) is 0 Å². The smallest absolute Gasteiger partial charge is 0.0350 e. The van der Waals surface area contributed by atoms with Crippen LogP contribution in [0.3, 0.4) is 0 Å². The van der Waals surface area contributed by atoms with Gasteiger partial charge in [0.15, 0.2) is 0 Å². The quantitative estimate of drug-likeness (QED) is 0.510. The van der Waals surface area contributed by atoms with Crippen LogP contribution in [0.15, 0.2) is 35.2 Å². The van der Waals surface area contributed by atoms with Crippen molar-refractivity contribution in [1.29, 1.82) is 0 Å². The van der Waals surface area contributed by atoms with Gasteiger partial charge in [-0.05, 0) is 35.7 Å². The fourth-order valence-electron chi connectivity index (χ4n) is 0.481. The molecule has 70 valence electrons. The lowest BCUT2D eigenvalue weighted by Gasteiger charge is -1.87. The van der Waals surface area contributed by atoms with Crippen molar-refractivity contribution in [3.8, 4) is 0 Å². The Kier molecular flexibility index (Phi) is 16.5. The first-order valence-electron chi connectivity index (χ1n) is 2.73. The van der Waals surface area contributed by atoms with Crippen molar-refractivity contribution in [2.75, 3.05) is 0 Å². The van der Waals surface area contributed by atoms with Crippen LogP contribution in [0.25, 0.3) is 0 Å². The van der Waals surface area contributed by atoms with Gasteiger partial charge in [0.05, 0.1) is 0 Å². The van der Waals surface area contributed by atoms with Crippen molar-refractivity contribution in [1.82, 2.24) is 0 Å². The predicted molar refractivity (Wildman–Crippen MR) is 55.0 cm³/mol. The third-order valence-corrected chi connectivity index (χ3v) is 1.33. The molecule has 0 amide bonds. The van der Waals surface area contributed by atoms with E-state index in [4.69, 9.17) is 4.55 Å². The highest BCUT2D eigenvalue weighted by Crippen LogP contribution is 2.10. The molecule has 3 nitrogen and oxygen atoms in total. The van der Waals surface area contributed by atoms with Gasteiger partial charge in [0.2, 0.25) is 0 Å². The summed E-state index contributed by atoms with van der Waals surface area (Å²) in [6.07, 6.45) is 0.